The van der Waals surface area contributed by atoms with Crippen LogP contribution in [0.15, 0.2) is 47.9 Å². The molecule has 1 aromatic heterocycles. The molecule has 0 aliphatic carbocycles. The van der Waals surface area contributed by atoms with Crippen molar-refractivity contribution in [1.82, 2.24) is 18.8 Å². The van der Waals surface area contributed by atoms with Crippen molar-refractivity contribution < 1.29 is 21.6 Å². The third-order valence-corrected chi connectivity index (χ3v) is 6.26. The first-order chi connectivity index (χ1) is 12.3. The number of aromatic nitrogens is 2. The minimum absolute atomic E-state index is 0.252. The molecule has 0 bridgehead atoms. The predicted octanol–water partition coefficient (Wildman–Crippen LogP) is 1.91. The van der Waals surface area contributed by atoms with Gasteiger partial charge >= 0.3 is 6.18 Å². The number of hydrogen-bond acceptors (Lipinski definition) is 4. The van der Waals surface area contributed by atoms with Crippen molar-refractivity contribution in [2.75, 3.05) is 32.7 Å². The van der Waals surface area contributed by atoms with E-state index < -0.39 is 21.8 Å². The number of alkyl halides is 3. The molecule has 1 aliphatic heterocycles. The molecule has 1 saturated heterocycles. The molecule has 0 radical (unpaired) electrons. The second kappa shape index (κ2) is 7.37. The second-order valence-electron chi connectivity index (χ2n) is 6.07. The average Bonchev–Trinajstić information content (AvgIpc) is 3.13. The van der Waals surface area contributed by atoms with E-state index in [1.54, 1.807) is 12.5 Å². The van der Waals surface area contributed by atoms with Gasteiger partial charge < -0.3 is 4.57 Å². The third kappa shape index (κ3) is 4.25. The molecule has 142 valence electrons. The van der Waals surface area contributed by atoms with E-state index in [2.05, 4.69) is 9.88 Å². The Bertz CT molecular complexity index is 829. The van der Waals surface area contributed by atoms with E-state index >= 15 is 0 Å². The summed E-state index contributed by atoms with van der Waals surface area (Å²) in [4.78, 5) is 5.77. The number of halogens is 3. The van der Waals surface area contributed by atoms with E-state index in [9.17, 15) is 21.6 Å². The molecule has 2 heterocycles. The van der Waals surface area contributed by atoms with Gasteiger partial charge in [-0.3, -0.25) is 4.90 Å². The van der Waals surface area contributed by atoms with Crippen molar-refractivity contribution in [3.63, 3.8) is 0 Å². The highest BCUT2D eigenvalue weighted by Gasteiger charge is 2.33. The van der Waals surface area contributed by atoms with Crippen LogP contribution >= 0.6 is 0 Å². The first-order valence-electron chi connectivity index (χ1n) is 8.12. The van der Waals surface area contributed by atoms with E-state index in [0.717, 1.165) is 25.2 Å². The Morgan fingerprint density at radius 1 is 1.08 bits per heavy atom. The molecule has 6 nitrogen and oxygen atoms in total. The lowest BCUT2D eigenvalue weighted by atomic mass is 10.2. The zero-order chi connectivity index (χ0) is 18.8. The molecule has 0 N–H and O–H groups in total. The standard InChI is InChI=1S/C16H19F3N4O2S/c17-16(18,19)14-2-1-3-15(12-14)26(24,25)23-10-8-21(9-11-23)6-7-22-5-4-20-13-22/h1-5,12-13H,6-11H2. The first kappa shape index (κ1) is 18.9. The first-order valence-corrected chi connectivity index (χ1v) is 9.56. The largest absolute Gasteiger partial charge is 0.416 e. The van der Waals surface area contributed by atoms with Crippen LogP contribution in [0.1, 0.15) is 5.56 Å². The van der Waals surface area contributed by atoms with Crippen LogP contribution in [-0.2, 0) is 22.7 Å². The van der Waals surface area contributed by atoms with Gasteiger partial charge in [0.1, 0.15) is 0 Å². The Morgan fingerprint density at radius 3 is 2.42 bits per heavy atom. The van der Waals surface area contributed by atoms with Crippen molar-refractivity contribution in [2.24, 2.45) is 0 Å². The molecule has 0 atom stereocenters. The summed E-state index contributed by atoms with van der Waals surface area (Å²) in [6.07, 6.45) is 0.694. The van der Waals surface area contributed by atoms with Gasteiger partial charge in [-0.25, -0.2) is 13.4 Å². The fourth-order valence-electron chi connectivity index (χ4n) is 2.85. The van der Waals surface area contributed by atoms with Crippen LogP contribution in [0.2, 0.25) is 0 Å². The third-order valence-electron chi connectivity index (χ3n) is 4.36. The van der Waals surface area contributed by atoms with Crippen LogP contribution in [0.3, 0.4) is 0 Å². The summed E-state index contributed by atoms with van der Waals surface area (Å²) < 4.78 is 67.0. The van der Waals surface area contributed by atoms with E-state index in [0.29, 0.717) is 19.2 Å². The van der Waals surface area contributed by atoms with Gasteiger partial charge in [-0.15, -0.1) is 0 Å². The molecule has 1 aromatic carbocycles. The SMILES string of the molecule is O=S(=O)(c1cccc(C(F)(F)F)c1)N1CCN(CCn2ccnc2)CC1. The molecule has 26 heavy (non-hydrogen) atoms. The van der Waals surface area contributed by atoms with E-state index in [1.165, 1.54) is 10.4 Å². The highest BCUT2D eigenvalue weighted by molar-refractivity contribution is 7.89. The maximum absolute atomic E-state index is 12.8. The quantitative estimate of drug-likeness (QED) is 0.785. The van der Waals surface area contributed by atoms with Gasteiger partial charge in [-0.05, 0) is 18.2 Å². The van der Waals surface area contributed by atoms with E-state index in [4.69, 9.17) is 0 Å². The van der Waals surface area contributed by atoms with Crippen LogP contribution in [0.25, 0.3) is 0 Å². The van der Waals surface area contributed by atoms with Gasteiger partial charge in [0.05, 0.1) is 16.8 Å². The summed E-state index contributed by atoms with van der Waals surface area (Å²) in [5.41, 5.74) is -0.961. The van der Waals surface area contributed by atoms with Crippen molar-refractivity contribution >= 4 is 10.0 Å². The Hall–Kier alpha value is -1.91. The summed E-state index contributed by atoms with van der Waals surface area (Å²) in [7, 11) is -3.93. The molecule has 10 heteroatoms. The smallest absolute Gasteiger partial charge is 0.336 e. The van der Waals surface area contributed by atoms with Crippen molar-refractivity contribution in [3.05, 3.63) is 48.5 Å². The summed E-state index contributed by atoms with van der Waals surface area (Å²) in [6, 6.07) is 3.89. The Morgan fingerprint density at radius 2 is 1.81 bits per heavy atom. The van der Waals surface area contributed by atoms with Crippen LogP contribution in [-0.4, -0.2) is 59.9 Å². The molecule has 1 aliphatic rings. The Labute approximate surface area is 149 Å². The highest BCUT2D eigenvalue weighted by atomic mass is 32.2. The minimum Gasteiger partial charge on any atom is -0.336 e. The lowest BCUT2D eigenvalue weighted by Gasteiger charge is -2.34. The van der Waals surface area contributed by atoms with Crippen molar-refractivity contribution in [2.45, 2.75) is 17.6 Å². The lowest BCUT2D eigenvalue weighted by Crippen LogP contribution is -2.49. The molecule has 1 fully saturated rings. The number of rotatable bonds is 5. The van der Waals surface area contributed by atoms with Crippen LogP contribution in [0.5, 0.6) is 0 Å². The zero-order valence-corrected chi connectivity index (χ0v) is 14.7. The summed E-state index contributed by atoms with van der Waals surface area (Å²) >= 11 is 0. The van der Waals surface area contributed by atoms with Gasteiger partial charge in [-0.1, -0.05) is 6.07 Å². The Kier molecular flexibility index (Phi) is 5.35. The van der Waals surface area contributed by atoms with Crippen molar-refractivity contribution in [1.29, 1.82) is 0 Å². The summed E-state index contributed by atoms with van der Waals surface area (Å²) in [5.74, 6) is 0. The van der Waals surface area contributed by atoms with Gasteiger partial charge in [0.2, 0.25) is 10.0 Å². The fourth-order valence-corrected chi connectivity index (χ4v) is 4.32. The van der Waals surface area contributed by atoms with Gasteiger partial charge in [0.25, 0.3) is 0 Å². The Balaban J connectivity index is 1.63. The van der Waals surface area contributed by atoms with Gasteiger partial charge in [-0.2, -0.15) is 17.5 Å². The van der Waals surface area contributed by atoms with Crippen molar-refractivity contribution in [3.8, 4) is 0 Å². The number of nitrogens with zero attached hydrogens (tertiary/aromatic N) is 4. The maximum atomic E-state index is 12.8. The minimum atomic E-state index is -4.57. The predicted molar refractivity (Wildman–Crippen MR) is 88.9 cm³/mol. The molecule has 2 aromatic rings. The zero-order valence-electron chi connectivity index (χ0n) is 13.9. The number of imidazole rings is 1. The van der Waals surface area contributed by atoms with E-state index in [-0.39, 0.29) is 18.0 Å². The molecular formula is C16H19F3N4O2S. The fraction of sp³-hybridized carbons (Fsp3) is 0.438. The average molecular weight is 388 g/mol. The maximum Gasteiger partial charge on any atom is 0.416 e. The molecule has 0 spiro atoms. The summed E-state index contributed by atoms with van der Waals surface area (Å²) in [6.45, 7) is 3.08. The van der Waals surface area contributed by atoms with Crippen LogP contribution in [0, 0.1) is 0 Å². The normalized spacial score (nSPS) is 17.5. The molecule has 3 rings (SSSR count). The number of hydrogen-bond donors (Lipinski definition) is 0. The number of piperazine rings is 1. The second-order valence-corrected chi connectivity index (χ2v) is 8.01. The number of benzene rings is 1. The monoisotopic (exact) mass is 388 g/mol. The number of sulfonamides is 1. The van der Waals surface area contributed by atoms with Crippen LogP contribution in [0.4, 0.5) is 13.2 Å². The summed E-state index contributed by atoms with van der Waals surface area (Å²) in [5, 5.41) is 0. The lowest BCUT2D eigenvalue weighted by molar-refractivity contribution is -0.137. The van der Waals surface area contributed by atoms with E-state index in [1.807, 2.05) is 10.8 Å². The van der Waals surface area contributed by atoms with Gasteiger partial charge in [0, 0.05) is 51.7 Å². The molecule has 0 saturated carbocycles. The highest BCUT2D eigenvalue weighted by Crippen LogP contribution is 2.31. The van der Waals surface area contributed by atoms with Crippen LogP contribution < -0.4 is 0 Å². The van der Waals surface area contributed by atoms with Gasteiger partial charge in [0.15, 0.2) is 0 Å². The molecular weight excluding hydrogens is 369 g/mol. The molecule has 0 amide bonds. The molecule has 0 unspecified atom stereocenters. The topological polar surface area (TPSA) is 58.4 Å².